The van der Waals surface area contributed by atoms with Gasteiger partial charge in [-0.15, -0.1) is 0 Å². The number of amides is 1. The molecule has 1 aliphatic rings. The Bertz CT molecular complexity index is 740. The molecule has 8 nitrogen and oxygen atoms in total. The van der Waals surface area contributed by atoms with Crippen LogP contribution >= 0.6 is 0 Å². The van der Waals surface area contributed by atoms with E-state index in [1.165, 1.54) is 23.4 Å². The first-order chi connectivity index (χ1) is 11.6. The van der Waals surface area contributed by atoms with E-state index in [0.29, 0.717) is 23.7 Å². The van der Waals surface area contributed by atoms with Gasteiger partial charge in [-0.1, -0.05) is 6.92 Å². The standard InChI is InChI=1S/C16H19N5O3/c1-2-7-19(9-12-3-4-12)16(22)13-5-6-14(15(8-13)21(23)24)20-11-17-10-18-20/h5-6,8,10-12H,2-4,7,9H2,1H3. The Balaban J connectivity index is 1.91. The fourth-order valence-electron chi connectivity index (χ4n) is 2.67. The minimum absolute atomic E-state index is 0.156. The molecule has 1 aliphatic carbocycles. The van der Waals surface area contributed by atoms with Crippen LogP contribution in [0.3, 0.4) is 0 Å². The van der Waals surface area contributed by atoms with Crippen LogP contribution in [-0.4, -0.2) is 43.6 Å². The molecule has 0 bridgehead atoms. The van der Waals surface area contributed by atoms with Gasteiger partial charge in [-0.05, 0) is 37.3 Å². The Morgan fingerprint density at radius 2 is 2.25 bits per heavy atom. The van der Waals surface area contributed by atoms with E-state index in [9.17, 15) is 14.9 Å². The van der Waals surface area contributed by atoms with E-state index in [4.69, 9.17) is 0 Å². The molecular formula is C16H19N5O3. The first-order valence-electron chi connectivity index (χ1n) is 8.03. The molecule has 126 valence electrons. The van der Waals surface area contributed by atoms with Gasteiger partial charge < -0.3 is 4.90 Å². The average molecular weight is 329 g/mol. The maximum absolute atomic E-state index is 12.7. The highest BCUT2D eigenvalue weighted by atomic mass is 16.6. The third kappa shape index (κ3) is 3.42. The van der Waals surface area contributed by atoms with Crippen LogP contribution in [0.15, 0.2) is 30.9 Å². The molecule has 2 aromatic rings. The lowest BCUT2D eigenvalue weighted by atomic mass is 10.1. The van der Waals surface area contributed by atoms with Gasteiger partial charge in [0, 0.05) is 24.7 Å². The van der Waals surface area contributed by atoms with Crippen LogP contribution in [-0.2, 0) is 0 Å². The SMILES string of the molecule is CCCN(CC1CC1)C(=O)c1ccc(-n2cncn2)c([N+](=O)[O-])c1. The zero-order valence-electron chi connectivity index (χ0n) is 13.5. The molecule has 0 aliphatic heterocycles. The normalized spacial score (nSPS) is 13.7. The number of carbonyl (C=O) groups is 1. The Labute approximate surface area is 139 Å². The van der Waals surface area contributed by atoms with Gasteiger partial charge in [0.15, 0.2) is 0 Å². The highest BCUT2D eigenvalue weighted by Gasteiger charge is 2.28. The van der Waals surface area contributed by atoms with Crippen molar-refractivity contribution < 1.29 is 9.72 Å². The first-order valence-corrected chi connectivity index (χ1v) is 8.03. The number of hydrogen-bond donors (Lipinski definition) is 0. The van der Waals surface area contributed by atoms with E-state index < -0.39 is 4.92 Å². The van der Waals surface area contributed by atoms with Crippen LogP contribution in [0, 0.1) is 16.0 Å². The summed E-state index contributed by atoms with van der Waals surface area (Å²) in [6, 6.07) is 4.48. The second-order valence-corrected chi connectivity index (χ2v) is 6.00. The second-order valence-electron chi connectivity index (χ2n) is 6.00. The van der Waals surface area contributed by atoms with Gasteiger partial charge in [0.2, 0.25) is 0 Å². The minimum Gasteiger partial charge on any atom is -0.338 e. The molecule has 0 atom stereocenters. The van der Waals surface area contributed by atoms with Gasteiger partial charge >= 0.3 is 0 Å². The van der Waals surface area contributed by atoms with Crippen LogP contribution in [0.4, 0.5) is 5.69 Å². The second kappa shape index (κ2) is 6.77. The minimum atomic E-state index is -0.501. The molecule has 1 fully saturated rings. The molecule has 0 unspecified atom stereocenters. The van der Waals surface area contributed by atoms with Crippen molar-refractivity contribution >= 4 is 11.6 Å². The van der Waals surface area contributed by atoms with E-state index in [-0.39, 0.29) is 11.6 Å². The lowest BCUT2D eigenvalue weighted by Gasteiger charge is -2.22. The van der Waals surface area contributed by atoms with Crippen LogP contribution in [0.5, 0.6) is 0 Å². The Morgan fingerprint density at radius 3 is 2.83 bits per heavy atom. The van der Waals surface area contributed by atoms with Crippen molar-refractivity contribution in [3.63, 3.8) is 0 Å². The maximum atomic E-state index is 12.7. The highest BCUT2D eigenvalue weighted by Crippen LogP contribution is 2.31. The number of rotatable bonds is 7. The largest absolute Gasteiger partial charge is 0.338 e. The van der Waals surface area contributed by atoms with Crippen molar-refractivity contribution in [2.75, 3.05) is 13.1 Å². The van der Waals surface area contributed by atoms with Gasteiger partial charge in [0.05, 0.1) is 4.92 Å². The molecule has 1 saturated carbocycles. The maximum Gasteiger partial charge on any atom is 0.295 e. The third-order valence-electron chi connectivity index (χ3n) is 4.04. The van der Waals surface area contributed by atoms with Crippen molar-refractivity contribution in [3.05, 3.63) is 46.5 Å². The summed E-state index contributed by atoms with van der Waals surface area (Å²) in [5, 5.41) is 15.3. The van der Waals surface area contributed by atoms with Crippen LogP contribution < -0.4 is 0 Å². The lowest BCUT2D eigenvalue weighted by molar-refractivity contribution is -0.384. The van der Waals surface area contributed by atoms with Crippen LogP contribution in [0.25, 0.3) is 5.69 Å². The smallest absolute Gasteiger partial charge is 0.295 e. The molecular weight excluding hydrogens is 310 g/mol. The fraction of sp³-hybridized carbons (Fsp3) is 0.438. The van der Waals surface area contributed by atoms with E-state index in [0.717, 1.165) is 25.8 Å². The molecule has 3 rings (SSSR count). The molecule has 0 saturated heterocycles. The molecule has 0 radical (unpaired) electrons. The van der Waals surface area contributed by atoms with E-state index in [1.54, 1.807) is 17.0 Å². The highest BCUT2D eigenvalue weighted by molar-refractivity contribution is 5.95. The van der Waals surface area contributed by atoms with Crippen molar-refractivity contribution in [1.82, 2.24) is 19.7 Å². The van der Waals surface area contributed by atoms with Gasteiger partial charge in [-0.3, -0.25) is 14.9 Å². The Hall–Kier alpha value is -2.77. The van der Waals surface area contributed by atoms with Crippen LogP contribution in [0.2, 0.25) is 0 Å². The van der Waals surface area contributed by atoms with E-state index in [2.05, 4.69) is 10.1 Å². The molecule has 1 heterocycles. The Morgan fingerprint density at radius 1 is 1.46 bits per heavy atom. The average Bonchev–Trinajstić information content (AvgIpc) is 3.23. The molecule has 8 heteroatoms. The van der Waals surface area contributed by atoms with Gasteiger partial charge in [-0.25, -0.2) is 9.67 Å². The number of benzene rings is 1. The fourth-order valence-corrected chi connectivity index (χ4v) is 2.67. The number of hydrogen-bond acceptors (Lipinski definition) is 5. The predicted molar refractivity (Wildman–Crippen MR) is 86.9 cm³/mol. The number of nitro benzene ring substituents is 1. The summed E-state index contributed by atoms with van der Waals surface area (Å²) in [7, 11) is 0. The van der Waals surface area contributed by atoms with E-state index >= 15 is 0 Å². The molecule has 0 spiro atoms. The summed E-state index contributed by atoms with van der Waals surface area (Å²) in [5.41, 5.74) is 0.465. The van der Waals surface area contributed by atoms with Crippen molar-refractivity contribution in [2.24, 2.45) is 5.92 Å². The van der Waals surface area contributed by atoms with Gasteiger partial charge in [0.1, 0.15) is 18.3 Å². The summed E-state index contributed by atoms with van der Waals surface area (Å²) < 4.78 is 1.32. The molecule has 1 aromatic heterocycles. The lowest BCUT2D eigenvalue weighted by Crippen LogP contribution is -2.33. The number of aromatic nitrogens is 3. The zero-order valence-corrected chi connectivity index (χ0v) is 13.5. The first kappa shape index (κ1) is 16.1. The van der Waals surface area contributed by atoms with Crippen molar-refractivity contribution in [3.8, 4) is 5.69 Å². The molecule has 24 heavy (non-hydrogen) atoms. The summed E-state index contributed by atoms with van der Waals surface area (Å²) in [6.07, 6.45) is 5.86. The third-order valence-corrected chi connectivity index (χ3v) is 4.04. The van der Waals surface area contributed by atoms with Crippen molar-refractivity contribution in [1.29, 1.82) is 0 Å². The summed E-state index contributed by atoms with van der Waals surface area (Å²) in [4.78, 5) is 29.2. The van der Waals surface area contributed by atoms with Crippen molar-refractivity contribution in [2.45, 2.75) is 26.2 Å². The summed E-state index contributed by atoms with van der Waals surface area (Å²) in [6.45, 7) is 3.41. The Kier molecular flexibility index (Phi) is 4.54. The monoisotopic (exact) mass is 329 g/mol. The molecule has 1 aromatic carbocycles. The number of nitrogens with zero attached hydrogens (tertiary/aromatic N) is 5. The zero-order chi connectivity index (χ0) is 17.1. The van der Waals surface area contributed by atoms with Gasteiger partial charge in [0.25, 0.3) is 11.6 Å². The number of carbonyl (C=O) groups excluding carboxylic acids is 1. The van der Waals surface area contributed by atoms with E-state index in [1.807, 2.05) is 6.92 Å². The molecule has 0 N–H and O–H groups in total. The summed E-state index contributed by atoms with van der Waals surface area (Å²) in [5.74, 6) is 0.418. The number of nitro groups is 1. The topological polar surface area (TPSA) is 94.2 Å². The predicted octanol–water partition coefficient (Wildman–Crippen LogP) is 2.44. The molecule has 1 amide bonds. The van der Waals surface area contributed by atoms with Gasteiger partial charge in [-0.2, -0.15) is 5.10 Å². The quantitative estimate of drug-likeness (QED) is 0.574. The van der Waals surface area contributed by atoms with Crippen LogP contribution in [0.1, 0.15) is 36.5 Å². The summed E-state index contributed by atoms with van der Waals surface area (Å²) >= 11 is 0.